The number of amides is 1. The molecule has 6 heteroatoms. The van der Waals surface area contributed by atoms with Gasteiger partial charge in [-0.25, -0.2) is 0 Å². The number of hydrogen-bond acceptors (Lipinski definition) is 5. The number of piperidine rings is 1. The lowest BCUT2D eigenvalue weighted by atomic mass is 9.93. The summed E-state index contributed by atoms with van der Waals surface area (Å²) in [6, 6.07) is -0.0786. The van der Waals surface area contributed by atoms with Crippen molar-refractivity contribution in [1.29, 1.82) is 0 Å². The molecule has 2 aliphatic heterocycles. The molecule has 116 valence electrons. The van der Waals surface area contributed by atoms with Gasteiger partial charge in [-0.2, -0.15) is 4.98 Å². The maximum atomic E-state index is 11.2. The van der Waals surface area contributed by atoms with Crippen LogP contribution in [-0.2, 0) is 11.2 Å². The van der Waals surface area contributed by atoms with E-state index in [1.165, 1.54) is 38.9 Å². The molecule has 1 N–H and O–H groups in total. The molecule has 1 amide bonds. The SMILES string of the molecule is CCCN1CCC(Cc2noc([C@H]3CCC(=O)N3)n2)CC1. The van der Waals surface area contributed by atoms with Crippen LogP contribution in [0.2, 0.25) is 0 Å². The molecule has 0 aliphatic carbocycles. The van der Waals surface area contributed by atoms with Gasteiger partial charge in [0, 0.05) is 12.8 Å². The van der Waals surface area contributed by atoms with Crippen LogP contribution in [-0.4, -0.2) is 40.6 Å². The van der Waals surface area contributed by atoms with Crippen LogP contribution in [0.1, 0.15) is 56.8 Å². The average molecular weight is 292 g/mol. The highest BCUT2D eigenvalue weighted by Gasteiger charge is 2.28. The van der Waals surface area contributed by atoms with E-state index in [2.05, 4.69) is 27.3 Å². The van der Waals surface area contributed by atoms with E-state index in [9.17, 15) is 4.79 Å². The summed E-state index contributed by atoms with van der Waals surface area (Å²) < 4.78 is 5.31. The quantitative estimate of drug-likeness (QED) is 0.894. The number of likely N-dealkylation sites (tertiary alicyclic amines) is 1. The highest BCUT2D eigenvalue weighted by atomic mass is 16.5. The largest absolute Gasteiger partial charge is 0.344 e. The van der Waals surface area contributed by atoms with Gasteiger partial charge < -0.3 is 14.7 Å². The van der Waals surface area contributed by atoms with Gasteiger partial charge in [-0.1, -0.05) is 12.1 Å². The molecule has 2 fully saturated rings. The van der Waals surface area contributed by atoms with E-state index in [1.54, 1.807) is 0 Å². The van der Waals surface area contributed by atoms with Gasteiger partial charge in [-0.15, -0.1) is 0 Å². The van der Waals surface area contributed by atoms with Gasteiger partial charge in [0.2, 0.25) is 11.8 Å². The second-order valence-corrected chi connectivity index (χ2v) is 6.20. The smallest absolute Gasteiger partial charge is 0.249 e. The summed E-state index contributed by atoms with van der Waals surface area (Å²) in [6.07, 6.45) is 5.86. The van der Waals surface area contributed by atoms with Crippen molar-refractivity contribution in [3.05, 3.63) is 11.7 Å². The third-order valence-electron chi connectivity index (χ3n) is 4.50. The first-order chi connectivity index (χ1) is 10.2. The molecule has 0 radical (unpaired) electrons. The Hall–Kier alpha value is -1.43. The van der Waals surface area contributed by atoms with Crippen LogP contribution in [0.4, 0.5) is 0 Å². The zero-order valence-corrected chi connectivity index (χ0v) is 12.7. The molecule has 0 spiro atoms. The molecule has 6 nitrogen and oxygen atoms in total. The minimum Gasteiger partial charge on any atom is -0.344 e. The highest BCUT2D eigenvalue weighted by molar-refractivity contribution is 5.78. The maximum absolute atomic E-state index is 11.2. The first-order valence-electron chi connectivity index (χ1n) is 8.08. The number of nitrogens with one attached hydrogen (secondary N) is 1. The Morgan fingerprint density at radius 3 is 2.81 bits per heavy atom. The van der Waals surface area contributed by atoms with Crippen LogP contribution in [0.25, 0.3) is 0 Å². The van der Waals surface area contributed by atoms with Crippen LogP contribution < -0.4 is 5.32 Å². The standard InChI is InChI=1S/C15H24N4O2/c1-2-7-19-8-5-11(6-9-19)10-13-17-15(21-18-13)12-3-4-14(20)16-12/h11-12H,2-10H2,1H3,(H,16,20)/t12-/m1/s1. The van der Waals surface area contributed by atoms with Crippen molar-refractivity contribution >= 4 is 5.91 Å². The molecule has 1 atom stereocenters. The van der Waals surface area contributed by atoms with Crippen molar-refractivity contribution < 1.29 is 9.32 Å². The predicted molar refractivity (Wildman–Crippen MR) is 77.6 cm³/mol. The van der Waals surface area contributed by atoms with E-state index in [4.69, 9.17) is 4.52 Å². The maximum Gasteiger partial charge on any atom is 0.249 e. The number of aromatic nitrogens is 2. The van der Waals surface area contributed by atoms with Crippen LogP contribution in [0.3, 0.4) is 0 Å². The van der Waals surface area contributed by atoms with Gasteiger partial charge in [-0.05, 0) is 51.2 Å². The summed E-state index contributed by atoms with van der Waals surface area (Å²) in [7, 11) is 0. The Bertz CT molecular complexity index is 480. The molecule has 0 aromatic carbocycles. The fraction of sp³-hybridized carbons (Fsp3) is 0.800. The fourth-order valence-electron chi connectivity index (χ4n) is 3.28. The van der Waals surface area contributed by atoms with Gasteiger partial charge in [0.1, 0.15) is 6.04 Å². The number of carbonyl (C=O) groups is 1. The highest BCUT2D eigenvalue weighted by Crippen LogP contribution is 2.24. The van der Waals surface area contributed by atoms with E-state index >= 15 is 0 Å². The molecule has 2 aliphatic rings. The minimum absolute atomic E-state index is 0.0723. The molecular weight excluding hydrogens is 268 g/mol. The van der Waals surface area contributed by atoms with E-state index in [0.29, 0.717) is 18.2 Å². The summed E-state index contributed by atoms with van der Waals surface area (Å²) in [5, 5.41) is 6.95. The molecule has 21 heavy (non-hydrogen) atoms. The second kappa shape index (κ2) is 6.56. The molecule has 1 aromatic rings. The third-order valence-corrected chi connectivity index (χ3v) is 4.50. The van der Waals surface area contributed by atoms with Crippen LogP contribution in [0, 0.1) is 5.92 Å². The monoisotopic (exact) mass is 292 g/mol. The molecule has 0 unspecified atom stereocenters. The average Bonchev–Trinajstić information content (AvgIpc) is 3.10. The number of hydrogen-bond donors (Lipinski definition) is 1. The van der Waals surface area contributed by atoms with Gasteiger partial charge in [-0.3, -0.25) is 4.79 Å². The van der Waals surface area contributed by atoms with E-state index in [1.807, 2.05) is 0 Å². The summed E-state index contributed by atoms with van der Waals surface area (Å²) >= 11 is 0. The van der Waals surface area contributed by atoms with Gasteiger partial charge >= 0.3 is 0 Å². The zero-order valence-electron chi connectivity index (χ0n) is 12.7. The normalized spacial score (nSPS) is 24.4. The summed E-state index contributed by atoms with van der Waals surface area (Å²) in [6.45, 7) is 5.80. The predicted octanol–water partition coefficient (Wildman–Crippen LogP) is 1.69. The van der Waals surface area contributed by atoms with Crippen molar-refractivity contribution in [2.75, 3.05) is 19.6 Å². The van der Waals surface area contributed by atoms with Crippen molar-refractivity contribution in [3.8, 4) is 0 Å². The van der Waals surface area contributed by atoms with E-state index < -0.39 is 0 Å². The van der Waals surface area contributed by atoms with Crippen LogP contribution in [0.5, 0.6) is 0 Å². The van der Waals surface area contributed by atoms with Crippen molar-refractivity contribution in [3.63, 3.8) is 0 Å². The van der Waals surface area contributed by atoms with Gasteiger partial charge in [0.05, 0.1) is 0 Å². The minimum atomic E-state index is -0.0786. The molecule has 3 rings (SSSR count). The first kappa shape index (κ1) is 14.5. The summed E-state index contributed by atoms with van der Waals surface area (Å²) in [5.41, 5.74) is 0. The lowest BCUT2D eigenvalue weighted by Gasteiger charge is -2.31. The second-order valence-electron chi connectivity index (χ2n) is 6.20. The molecule has 0 saturated carbocycles. The number of rotatable bonds is 5. The summed E-state index contributed by atoms with van der Waals surface area (Å²) in [5.74, 6) is 2.09. The van der Waals surface area contributed by atoms with Gasteiger partial charge in [0.15, 0.2) is 5.82 Å². The lowest BCUT2D eigenvalue weighted by molar-refractivity contribution is -0.119. The van der Waals surface area contributed by atoms with Crippen molar-refractivity contribution in [2.45, 2.75) is 51.5 Å². The molecule has 2 saturated heterocycles. The fourth-order valence-corrected chi connectivity index (χ4v) is 3.28. The molecule has 0 bridgehead atoms. The summed E-state index contributed by atoms with van der Waals surface area (Å²) in [4.78, 5) is 18.2. The van der Waals surface area contributed by atoms with E-state index in [0.717, 1.165) is 18.7 Å². The number of carbonyl (C=O) groups excluding carboxylic acids is 1. The Kier molecular flexibility index (Phi) is 4.53. The van der Waals surface area contributed by atoms with Crippen molar-refractivity contribution in [2.24, 2.45) is 5.92 Å². The Balaban J connectivity index is 1.50. The Labute approximate surface area is 125 Å². The lowest BCUT2D eigenvalue weighted by Crippen LogP contribution is -2.34. The molecular formula is C15H24N4O2. The Morgan fingerprint density at radius 2 is 2.14 bits per heavy atom. The topological polar surface area (TPSA) is 71.3 Å². The number of nitrogens with zero attached hydrogens (tertiary/aromatic N) is 3. The third kappa shape index (κ3) is 3.61. The van der Waals surface area contributed by atoms with E-state index in [-0.39, 0.29) is 11.9 Å². The Morgan fingerprint density at radius 1 is 1.33 bits per heavy atom. The van der Waals surface area contributed by atoms with Gasteiger partial charge in [0.25, 0.3) is 0 Å². The van der Waals surface area contributed by atoms with Crippen molar-refractivity contribution in [1.82, 2.24) is 20.4 Å². The van der Waals surface area contributed by atoms with Crippen LogP contribution in [0.15, 0.2) is 4.52 Å². The molecule has 1 aromatic heterocycles. The first-order valence-corrected chi connectivity index (χ1v) is 8.08. The molecule has 3 heterocycles. The van der Waals surface area contributed by atoms with Crippen LogP contribution >= 0.6 is 0 Å². The zero-order chi connectivity index (χ0) is 14.7.